The van der Waals surface area contributed by atoms with Crippen LogP contribution in [-0.2, 0) is 0 Å². The first-order chi connectivity index (χ1) is 8.11. The van der Waals surface area contributed by atoms with Gasteiger partial charge < -0.3 is 5.32 Å². The lowest BCUT2D eigenvalue weighted by Gasteiger charge is -2.49. The summed E-state index contributed by atoms with van der Waals surface area (Å²) in [5.41, 5.74) is 0.474. The molecule has 1 heterocycles. The van der Waals surface area contributed by atoms with Crippen LogP contribution in [0.15, 0.2) is 0 Å². The molecular formula is C15H30N2. The van der Waals surface area contributed by atoms with E-state index >= 15 is 0 Å². The van der Waals surface area contributed by atoms with Crippen LogP contribution in [0.25, 0.3) is 0 Å². The number of rotatable bonds is 3. The van der Waals surface area contributed by atoms with E-state index in [0.717, 1.165) is 12.0 Å². The van der Waals surface area contributed by atoms with Crippen LogP contribution in [0.5, 0.6) is 0 Å². The van der Waals surface area contributed by atoms with E-state index in [9.17, 15) is 0 Å². The Labute approximate surface area is 107 Å². The van der Waals surface area contributed by atoms with Crippen molar-refractivity contribution in [1.29, 1.82) is 0 Å². The number of hydrogen-bond acceptors (Lipinski definition) is 2. The zero-order valence-electron chi connectivity index (χ0n) is 12.0. The summed E-state index contributed by atoms with van der Waals surface area (Å²) in [7, 11) is 0. The van der Waals surface area contributed by atoms with Gasteiger partial charge in [-0.1, -0.05) is 33.1 Å². The highest BCUT2D eigenvalue weighted by molar-refractivity contribution is 4.98. The van der Waals surface area contributed by atoms with E-state index in [0.29, 0.717) is 5.54 Å². The highest BCUT2D eigenvalue weighted by Gasteiger charge is 2.38. The average molecular weight is 238 g/mol. The van der Waals surface area contributed by atoms with Crippen LogP contribution < -0.4 is 5.32 Å². The van der Waals surface area contributed by atoms with Gasteiger partial charge in [0.05, 0.1) is 0 Å². The van der Waals surface area contributed by atoms with Crippen molar-refractivity contribution in [2.24, 2.45) is 5.92 Å². The van der Waals surface area contributed by atoms with Crippen LogP contribution >= 0.6 is 0 Å². The van der Waals surface area contributed by atoms with Crippen molar-refractivity contribution in [2.75, 3.05) is 19.6 Å². The third-order valence-electron chi connectivity index (χ3n) is 4.71. The summed E-state index contributed by atoms with van der Waals surface area (Å²) in [5.74, 6) is 0.833. The fourth-order valence-corrected chi connectivity index (χ4v) is 3.38. The molecule has 1 N–H and O–H groups in total. The summed E-state index contributed by atoms with van der Waals surface area (Å²) in [6.07, 6.45) is 8.46. The van der Waals surface area contributed by atoms with Gasteiger partial charge in [0.1, 0.15) is 0 Å². The van der Waals surface area contributed by atoms with Gasteiger partial charge in [-0.2, -0.15) is 0 Å². The van der Waals surface area contributed by atoms with Crippen molar-refractivity contribution in [2.45, 2.75) is 70.9 Å². The topological polar surface area (TPSA) is 15.3 Å². The molecule has 100 valence electrons. The lowest BCUT2D eigenvalue weighted by atomic mass is 9.79. The van der Waals surface area contributed by atoms with Crippen molar-refractivity contribution < 1.29 is 0 Å². The quantitative estimate of drug-likeness (QED) is 0.813. The molecule has 2 rings (SSSR count). The maximum Gasteiger partial charge on any atom is 0.0309 e. The standard InChI is InChI=1S/C15H30N2/c1-13(2)7-10-17-12-15(16-11-14(17)3)8-5-4-6-9-15/h13-14,16H,4-12H2,1-3H3. The molecule has 1 unspecified atom stereocenters. The van der Waals surface area contributed by atoms with E-state index in [1.165, 1.54) is 58.2 Å². The minimum Gasteiger partial charge on any atom is -0.308 e. The van der Waals surface area contributed by atoms with Crippen LogP contribution in [0.3, 0.4) is 0 Å². The van der Waals surface area contributed by atoms with Crippen LogP contribution in [-0.4, -0.2) is 36.1 Å². The van der Waals surface area contributed by atoms with E-state index in [1.54, 1.807) is 0 Å². The Morgan fingerprint density at radius 3 is 2.59 bits per heavy atom. The Kier molecular flexibility index (Phi) is 4.48. The number of piperazine rings is 1. The molecule has 1 saturated carbocycles. The van der Waals surface area contributed by atoms with E-state index < -0.39 is 0 Å². The van der Waals surface area contributed by atoms with Gasteiger partial charge in [-0.05, 0) is 38.6 Å². The van der Waals surface area contributed by atoms with Gasteiger partial charge in [0, 0.05) is 24.7 Å². The van der Waals surface area contributed by atoms with Crippen molar-refractivity contribution >= 4 is 0 Å². The molecule has 0 aromatic heterocycles. The SMILES string of the molecule is CC(C)CCN1CC2(CCCCC2)NCC1C. The van der Waals surface area contributed by atoms with E-state index in [-0.39, 0.29) is 0 Å². The zero-order valence-corrected chi connectivity index (χ0v) is 12.0. The minimum atomic E-state index is 0.474. The predicted octanol–water partition coefficient (Wildman–Crippen LogP) is 3.03. The first kappa shape index (κ1) is 13.4. The van der Waals surface area contributed by atoms with Crippen molar-refractivity contribution in [1.82, 2.24) is 10.2 Å². The zero-order chi connectivity index (χ0) is 12.3. The fourth-order valence-electron chi connectivity index (χ4n) is 3.38. The summed E-state index contributed by atoms with van der Waals surface area (Å²) in [4.78, 5) is 2.74. The lowest BCUT2D eigenvalue weighted by molar-refractivity contribution is 0.0596. The number of hydrogen-bond donors (Lipinski definition) is 1. The highest BCUT2D eigenvalue weighted by atomic mass is 15.2. The van der Waals surface area contributed by atoms with Gasteiger partial charge in [-0.25, -0.2) is 0 Å². The molecule has 0 amide bonds. The van der Waals surface area contributed by atoms with Crippen LogP contribution in [0.2, 0.25) is 0 Å². The molecule has 2 aliphatic rings. The number of nitrogens with zero attached hydrogens (tertiary/aromatic N) is 1. The van der Waals surface area contributed by atoms with Gasteiger partial charge in [-0.15, -0.1) is 0 Å². The molecular weight excluding hydrogens is 208 g/mol. The second kappa shape index (κ2) is 5.71. The predicted molar refractivity (Wildman–Crippen MR) is 74.3 cm³/mol. The average Bonchev–Trinajstić information content (AvgIpc) is 2.32. The second-order valence-corrected chi connectivity index (χ2v) is 6.72. The first-order valence-corrected chi connectivity index (χ1v) is 7.60. The first-order valence-electron chi connectivity index (χ1n) is 7.60. The van der Waals surface area contributed by atoms with Gasteiger partial charge in [-0.3, -0.25) is 4.90 Å². The largest absolute Gasteiger partial charge is 0.308 e. The molecule has 0 aromatic carbocycles. The Balaban J connectivity index is 1.90. The maximum atomic E-state index is 3.86. The normalized spacial score (nSPS) is 30.0. The van der Waals surface area contributed by atoms with Crippen molar-refractivity contribution in [3.63, 3.8) is 0 Å². The second-order valence-electron chi connectivity index (χ2n) is 6.72. The van der Waals surface area contributed by atoms with Gasteiger partial charge in [0.15, 0.2) is 0 Å². The molecule has 0 bridgehead atoms. The Morgan fingerprint density at radius 2 is 1.94 bits per heavy atom. The molecule has 1 spiro atoms. The highest BCUT2D eigenvalue weighted by Crippen LogP contribution is 2.31. The lowest BCUT2D eigenvalue weighted by Crippen LogP contribution is -2.64. The third kappa shape index (κ3) is 3.45. The third-order valence-corrected chi connectivity index (χ3v) is 4.71. The summed E-state index contributed by atoms with van der Waals surface area (Å²) >= 11 is 0. The van der Waals surface area contributed by atoms with Crippen molar-refractivity contribution in [3.05, 3.63) is 0 Å². The Hall–Kier alpha value is -0.0800. The molecule has 2 fully saturated rings. The molecule has 0 aromatic rings. The van der Waals surface area contributed by atoms with E-state index in [2.05, 4.69) is 31.0 Å². The summed E-state index contributed by atoms with van der Waals surface area (Å²) in [6.45, 7) is 10.8. The van der Waals surface area contributed by atoms with Gasteiger partial charge >= 0.3 is 0 Å². The maximum absolute atomic E-state index is 3.86. The molecule has 17 heavy (non-hydrogen) atoms. The summed E-state index contributed by atoms with van der Waals surface area (Å²) < 4.78 is 0. The molecule has 0 radical (unpaired) electrons. The van der Waals surface area contributed by atoms with Crippen LogP contribution in [0.4, 0.5) is 0 Å². The molecule has 1 aliphatic heterocycles. The van der Waals surface area contributed by atoms with E-state index in [4.69, 9.17) is 0 Å². The Bertz CT molecular complexity index is 231. The smallest absolute Gasteiger partial charge is 0.0309 e. The number of nitrogens with one attached hydrogen (secondary N) is 1. The summed E-state index contributed by atoms with van der Waals surface area (Å²) in [5, 5.41) is 3.86. The molecule has 1 atom stereocenters. The molecule has 1 aliphatic carbocycles. The monoisotopic (exact) mass is 238 g/mol. The fraction of sp³-hybridized carbons (Fsp3) is 1.00. The molecule has 1 saturated heterocycles. The van der Waals surface area contributed by atoms with Crippen LogP contribution in [0, 0.1) is 5.92 Å². The van der Waals surface area contributed by atoms with Crippen LogP contribution in [0.1, 0.15) is 59.3 Å². The van der Waals surface area contributed by atoms with Gasteiger partial charge in [0.25, 0.3) is 0 Å². The van der Waals surface area contributed by atoms with Crippen molar-refractivity contribution in [3.8, 4) is 0 Å². The van der Waals surface area contributed by atoms with Gasteiger partial charge in [0.2, 0.25) is 0 Å². The Morgan fingerprint density at radius 1 is 1.24 bits per heavy atom. The molecule has 2 nitrogen and oxygen atoms in total. The minimum absolute atomic E-state index is 0.474. The molecule has 2 heteroatoms. The van der Waals surface area contributed by atoms with E-state index in [1.807, 2.05) is 0 Å². The summed E-state index contributed by atoms with van der Waals surface area (Å²) in [6, 6.07) is 0.723.